The molecule has 0 saturated carbocycles. The van der Waals surface area contributed by atoms with E-state index in [2.05, 4.69) is 22.9 Å². The van der Waals surface area contributed by atoms with Gasteiger partial charge in [-0.3, -0.25) is 0 Å². The summed E-state index contributed by atoms with van der Waals surface area (Å²) in [7, 11) is 0. The standard InChI is InChI=1S/C14H24BrNO/c1-2-3-4-5-6-7-8-9-13(16)14-12(15)10-11-17-14/h10-11,13H,2-9,16H2,1H3. The smallest absolute Gasteiger partial charge is 0.134 e. The summed E-state index contributed by atoms with van der Waals surface area (Å²) in [6.45, 7) is 2.25. The summed E-state index contributed by atoms with van der Waals surface area (Å²) in [6.07, 6.45) is 12.0. The monoisotopic (exact) mass is 301 g/mol. The van der Waals surface area contributed by atoms with Crippen molar-refractivity contribution < 1.29 is 4.42 Å². The van der Waals surface area contributed by atoms with E-state index in [9.17, 15) is 0 Å². The Kier molecular flexibility index (Phi) is 7.62. The van der Waals surface area contributed by atoms with E-state index in [0.717, 1.165) is 16.7 Å². The van der Waals surface area contributed by atoms with Gasteiger partial charge in [-0.1, -0.05) is 51.9 Å². The maximum absolute atomic E-state index is 6.08. The molecule has 0 fully saturated rings. The number of hydrogen-bond donors (Lipinski definition) is 1. The topological polar surface area (TPSA) is 39.2 Å². The van der Waals surface area contributed by atoms with Gasteiger partial charge in [-0.25, -0.2) is 0 Å². The van der Waals surface area contributed by atoms with Gasteiger partial charge in [-0.2, -0.15) is 0 Å². The lowest BCUT2D eigenvalue weighted by Crippen LogP contribution is -2.09. The molecular weight excluding hydrogens is 278 g/mol. The second kappa shape index (κ2) is 8.76. The van der Waals surface area contributed by atoms with Crippen LogP contribution in [-0.4, -0.2) is 0 Å². The molecule has 1 heterocycles. The molecule has 1 aromatic heterocycles. The largest absolute Gasteiger partial charge is 0.466 e. The summed E-state index contributed by atoms with van der Waals surface area (Å²) < 4.78 is 6.36. The van der Waals surface area contributed by atoms with Crippen LogP contribution in [-0.2, 0) is 0 Å². The number of rotatable bonds is 9. The molecule has 0 saturated heterocycles. The average molecular weight is 302 g/mol. The van der Waals surface area contributed by atoms with Crippen molar-refractivity contribution in [3.63, 3.8) is 0 Å². The molecule has 3 heteroatoms. The predicted molar refractivity (Wildman–Crippen MR) is 75.9 cm³/mol. The van der Waals surface area contributed by atoms with Crippen molar-refractivity contribution in [1.29, 1.82) is 0 Å². The molecule has 0 amide bonds. The van der Waals surface area contributed by atoms with Crippen LogP contribution >= 0.6 is 15.9 Å². The van der Waals surface area contributed by atoms with Gasteiger partial charge in [0.05, 0.1) is 16.8 Å². The Morgan fingerprint density at radius 2 is 1.82 bits per heavy atom. The number of unbranched alkanes of at least 4 members (excludes halogenated alkanes) is 6. The minimum atomic E-state index is 0.0371. The minimum absolute atomic E-state index is 0.0371. The van der Waals surface area contributed by atoms with Crippen LogP contribution in [0.4, 0.5) is 0 Å². The molecule has 2 N–H and O–H groups in total. The highest BCUT2D eigenvalue weighted by atomic mass is 79.9. The summed E-state index contributed by atoms with van der Waals surface area (Å²) in [4.78, 5) is 0. The molecule has 1 unspecified atom stereocenters. The lowest BCUT2D eigenvalue weighted by atomic mass is 10.0. The van der Waals surface area contributed by atoms with E-state index in [0.29, 0.717) is 0 Å². The zero-order valence-electron chi connectivity index (χ0n) is 10.8. The Hall–Kier alpha value is -0.280. The Morgan fingerprint density at radius 3 is 2.41 bits per heavy atom. The fourth-order valence-corrected chi connectivity index (χ4v) is 2.52. The van der Waals surface area contributed by atoms with E-state index < -0.39 is 0 Å². The fourth-order valence-electron chi connectivity index (χ4n) is 2.02. The lowest BCUT2D eigenvalue weighted by Gasteiger charge is -2.09. The van der Waals surface area contributed by atoms with Crippen molar-refractivity contribution in [3.05, 3.63) is 22.6 Å². The summed E-state index contributed by atoms with van der Waals surface area (Å²) in [5, 5.41) is 0. The molecule has 2 nitrogen and oxygen atoms in total. The zero-order valence-corrected chi connectivity index (χ0v) is 12.3. The summed E-state index contributed by atoms with van der Waals surface area (Å²) in [5.74, 6) is 0.885. The molecule has 1 atom stereocenters. The van der Waals surface area contributed by atoms with E-state index in [1.165, 1.54) is 44.9 Å². The van der Waals surface area contributed by atoms with Gasteiger partial charge < -0.3 is 10.2 Å². The van der Waals surface area contributed by atoms with Crippen LogP contribution in [0.25, 0.3) is 0 Å². The van der Waals surface area contributed by atoms with E-state index in [-0.39, 0.29) is 6.04 Å². The molecule has 1 aromatic rings. The Bertz CT molecular complexity index is 298. The third-order valence-corrected chi connectivity index (χ3v) is 3.76. The van der Waals surface area contributed by atoms with E-state index in [4.69, 9.17) is 10.2 Å². The third-order valence-electron chi connectivity index (χ3n) is 3.10. The van der Waals surface area contributed by atoms with Gasteiger partial charge in [0, 0.05) is 0 Å². The molecule has 0 aromatic carbocycles. The first-order chi connectivity index (χ1) is 8.25. The summed E-state index contributed by atoms with van der Waals surface area (Å²) in [5.41, 5.74) is 6.08. The van der Waals surface area contributed by atoms with Crippen LogP contribution in [0, 0.1) is 0 Å². The normalized spacial score (nSPS) is 12.9. The highest BCUT2D eigenvalue weighted by molar-refractivity contribution is 9.10. The molecule has 17 heavy (non-hydrogen) atoms. The van der Waals surface area contributed by atoms with Crippen molar-refractivity contribution in [1.82, 2.24) is 0 Å². The maximum Gasteiger partial charge on any atom is 0.134 e. The second-order valence-corrected chi connectivity index (χ2v) is 5.50. The quantitative estimate of drug-likeness (QED) is 0.638. The Morgan fingerprint density at radius 1 is 1.18 bits per heavy atom. The van der Waals surface area contributed by atoms with Gasteiger partial charge in [0.1, 0.15) is 5.76 Å². The SMILES string of the molecule is CCCCCCCCCC(N)c1occc1Br. The molecular formula is C14H24BrNO. The van der Waals surface area contributed by atoms with Gasteiger partial charge in [-0.05, 0) is 28.4 Å². The molecule has 0 bridgehead atoms. The fraction of sp³-hybridized carbons (Fsp3) is 0.714. The lowest BCUT2D eigenvalue weighted by molar-refractivity contribution is 0.436. The highest BCUT2D eigenvalue weighted by Crippen LogP contribution is 2.26. The first-order valence-electron chi connectivity index (χ1n) is 6.74. The Balaban J connectivity index is 2.05. The van der Waals surface area contributed by atoms with Gasteiger partial charge in [0.25, 0.3) is 0 Å². The van der Waals surface area contributed by atoms with Gasteiger partial charge in [0.15, 0.2) is 0 Å². The molecule has 0 spiro atoms. The molecule has 0 aliphatic carbocycles. The zero-order chi connectivity index (χ0) is 12.5. The number of nitrogens with two attached hydrogens (primary N) is 1. The third kappa shape index (κ3) is 5.73. The van der Waals surface area contributed by atoms with E-state index >= 15 is 0 Å². The summed E-state index contributed by atoms with van der Waals surface area (Å²) in [6, 6.07) is 1.94. The van der Waals surface area contributed by atoms with Gasteiger partial charge in [-0.15, -0.1) is 0 Å². The van der Waals surface area contributed by atoms with Crippen LogP contribution in [0.3, 0.4) is 0 Å². The van der Waals surface area contributed by atoms with Crippen LogP contribution in [0.15, 0.2) is 21.2 Å². The van der Waals surface area contributed by atoms with E-state index in [1.54, 1.807) is 6.26 Å². The molecule has 1 rings (SSSR count). The predicted octanol–water partition coefficient (Wildman–Crippen LogP) is 5.18. The first kappa shape index (κ1) is 14.8. The van der Waals surface area contributed by atoms with Crippen molar-refractivity contribution in [2.45, 2.75) is 64.3 Å². The Labute approximate surface area is 113 Å². The summed E-state index contributed by atoms with van der Waals surface area (Å²) >= 11 is 3.44. The highest BCUT2D eigenvalue weighted by Gasteiger charge is 2.12. The second-order valence-electron chi connectivity index (χ2n) is 4.65. The van der Waals surface area contributed by atoms with Crippen molar-refractivity contribution in [2.24, 2.45) is 5.73 Å². The number of furan rings is 1. The molecule has 0 radical (unpaired) electrons. The van der Waals surface area contributed by atoms with Crippen molar-refractivity contribution in [2.75, 3.05) is 0 Å². The molecule has 98 valence electrons. The van der Waals surface area contributed by atoms with E-state index in [1.807, 2.05) is 6.07 Å². The van der Waals surface area contributed by atoms with Gasteiger partial charge >= 0.3 is 0 Å². The number of halogens is 1. The van der Waals surface area contributed by atoms with Crippen LogP contribution in [0.2, 0.25) is 0 Å². The minimum Gasteiger partial charge on any atom is -0.466 e. The molecule has 0 aliphatic heterocycles. The van der Waals surface area contributed by atoms with Crippen LogP contribution in [0.5, 0.6) is 0 Å². The average Bonchev–Trinajstić information content (AvgIpc) is 2.74. The first-order valence-corrected chi connectivity index (χ1v) is 7.53. The van der Waals surface area contributed by atoms with Crippen LogP contribution in [0.1, 0.15) is 70.1 Å². The van der Waals surface area contributed by atoms with Crippen LogP contribution < -0.4 is 5.73 Å². The molecule has 0 aliphatic rings. The number of hydrogen-bond acceptors (Lipinski definition) is 2. The van der Waals surface area contributed by atoms with Crippen molar-refractivity contribution >= 4 is 15.9 Å². The van der Waals surface area contributed by atoms with Crippen molar-refractivity contribution in [3.8, 4) is 0 Å². The maximum atomic E-state index is 6.08. The van der Waals surface area contributed by atoms with Gasteiger partial charge in [0.2, 0.25) is 0 Å².